The lowest BCUT2D eigenvalue weighted by Gasteiger charge is -2.36. The van der Waals surface area contributed by atoms with E-state index < -0.39 is 23.1 Å². The van der Waals surface area contributed by atoms with Crippen molar-refractivity contribution in [1.82, 2.24) is 9.80 Å². The van der Waals surface area contributed by atoms with E-state index >= 15 is 0 Å². The third kappa shape index (κ3) is 3.73. The van der Waals surface area contributed by atoms with Crippen molar-refractivity contribution in [3.8, 4) is 0 Å². The Kier molecular flexibility index (Phi) is 4.84. The minimum absolute atomic E-state index is 0.0163. The van der Waals surface area contributed by atoms with Crippen molar-refractivity contribution >= 4 is 11.8 Å². The lowest BCUT2D eigenvalue weighted by Crippen LogP contribution is -2.53. The Labute approximate surface area is 166 Å². The fourth-order valence-electron chi connectivity index (χ4n) is 3.93. The number of halogens is 3. The van der Waals surface area contributed by atoms with E-state index in [1.165, 1.54) is 17.0 Å². The molecule has 1 aliphatic carbocycles. The summed E-state index contributed by atoms with van der Waals surface area (Å²) in [4.78, 5) is 29.0. The SMILES string of the molecule is O=C(c1cccc(C(F)(F)F)c1)N1CCN(C(=O)C2(c3ccccc3)CC2)CC1. The van der Waals surface area contributed by atoms with Gasteiger partial charge in [0.05, 0.1) is 11.0 Å². The van der Waals surface area contributed by atoms with Crippen LogP contribution < -0.4 is 0 Å². The van der Waals surface area contributed by atoms with Gasteiger partial charge in [0.25, 0.3) is 5.91 Å². The summed E-state index contributed by atoms with van der Waals surface area (Å²) >= 11 is 0. The molecule has 2 aliphatic rings. The van der Waals surface area contributed by atoms with Crippen LogP contribution in [0.4, 0.5) is 13.2 Å². The second-order valence-corrected chi connectivity index (χ2v) is 7.61. The summed E-state index contributed by atoms with van der Waals surface area (Å²) in [6.07, 6.45) is -2.85. The maximum absolute atomic E-state index is 13.1. The molecule has 2 aromatic carbocycles. The Morgan fingerprint density at radius 1 is 0.828 bits per heavy atom. The van der Waals surface area contributed by atoms with Crippen LogP contribution in [0.15, 0.2) is 54.6 Å². The maximum Gasteiger partial charge on any atom is 0.416 e. The van der Waals surface area contributed by atoms with Crippen molar-refractivity contribution < 1.29 is 22.8 Å². The van der Waals surface area contributed by atoms with E-state index in [9.17, 15) is 22.8 Å². The molecule has 4 nitrogen and oxygen atoms in total. The van der Waals surface area contributed by atoms with Gasteiger partial charge in [-0.2, -0.15) is 13.2 Å². The predicted molar refractivity (Wildman–Crippen MR) is 101 cm³/mol. The summed E-state index contributed by atoms with van der Waals surface area (Å²) in [7, 11) is 0. The van der Waals surface area contributed by atoms with E-state index in [0.29, 0.717) is 26.2 Å². The van der Waals surface area contributed by atoms with Crippen LogP contribution in [-0.2, 0) is 16.4 Å². The van der Waals surface area contributed by atoms with Gasteiger partial charge in [0.1, 0.15) is 0 Å². The highest BCUT2D eigenvalue weighted by Gasteiger charge is 2.53. The molecule has 1 heterocycles. The Morgan fingerprint density at radius 2 is 1.45 bits per heavy atom. The van der Waals surface area contributed by atoms with Gasteiger partial charge in [0, 0.05) is 31.7 Å². The Bertz CT molecular complexity index is 915. The summed E-state index contributed by atoms with van der Waals surface area (Å²) in [5, 5.41) is 0. The van der Waals surface area contributed by atoms with Gasteiger partial charge in [0.15, 0.2) is 0 Å². The number of alkyl halides is 3. The number of hydrogen-bond acceptors (Lipinski definition) is 2. The molecule has 29 heavy (non-hydrogen) atoms. The van der Waals surface area contributed by atoms with E-state index in [4.69, 9.17) is 0 Å². The Morgan fingerprint density at radius 3 is 2.03 bits per heavy atom. The predicted octanol–water partition coefficient (Wildman–Crippen LogP) is 3.72. The molecule has 0 aromatic heterocycles. The monoisotopic (exact) mass is 402 g/mol. The first-order valence-electron chi connectivity index (χ1n) is 9.63. The summed E-state index contributed by atoms with van der Waals surface area (Å²) in [6, 6.07) is 14.2. The lowest BCUT2D eigenvalue weighted by atomic mass is 9.94. The quantitative estimate of drug-likeness (QED) is 0.785. The highest BCUT2D eigenvalue weighted by Crippen LogP contribution is 2.49. The van der Waals surface area contributed by atoms with Crippen LogP contribution in [0, 0.1) is 0 Å². The number of benzene rings is 2. The van der Waals surface area contributed by atoms with Crippen molar-refractivity contribution in [1.29, 1.82) is 0 Å². The third-order valence-electron chi connectivity index (χ3n) is 5.78. The second-order valence-electron chi connectivity index (χ2n) is 7.61. The molecule has 0 bridgehead atoms. The number of piperazine rings is 1. The fourth-order valence-corrected chi connectivity index (χ4v) is 3.93. The number of carbonyl (C=O) groups is 2. The van der Waals surface area contributed by atoms with E-state index in [0.717, 1.165) is 30.5 Å². The van der Waals surface area contributed by atoms with Gasteiger partial charge in [-0.05, 0) is 36.6 Å². The minimum atomic E-state index is -4.49. The molecule has 4 rings (SSSR count). The van der Waals surface area contributed by atoms with Crippen LogP contribution in [0.3, 0.4) is 0 Å². The van der Waals surface area contributed by atoms with Gasteiger partial charge >= 0.3 is 6.18 Å². The molecule has 1 saturated carbocycles. The van der Waals surface area contributed by atoms with Gasteiger partial charge in [-0.15, -0.1) is 0 Å². The molecule has 7 heteroatoms. The zero-order chi connectivity index (χ0) is 20.6. The number of carbonyl (C=O) groups excluding carboxylic acids is 2. The maximum atomic E-state index is 13.1. The van der Waals surface area contributed by atoms with Crippen molar-refractivity contribution in [2.24, 2.45) is 0 Å². The van der Waals surface area contributed by atoms with E-state index in [1.807, 2.05) is 30.3 Å². The standard InChI is InChI=1S/C22H21F3N2O2/c23-22(24,25)18-8-4-5-16(15-18)19(28)26-11-13-27(14-12-26)20(29)21(9-10-21)17-6-2-1-3-7-17/h1-8,15H,9-14H2. The number of nitrogens with zero attached hydrogens (tertiary/aromatic N) is 2. The zero-order valence-corrected chi connectivity index (χ0v) is 15.8. The van der Waals surface area contributed by atoms with Crippen LogP contribution in [0.25, 0.3) is 0 Å². The first-order valence-corrected chi connectivity index (χ1v) is 9.63. The van der Waals surface area contributed by atoms with E-state index in [-0.39, 0.29) is 11.5 Å². The average molecular weight is 402 g/mol. The Balaban J connectivity index is 1.41. The van der Waals surface area contributed by atoms with Crippen LogP contribution in [0.5, 0.6) is 0 Å². The summed E-state index contributed by atoms with van der Waals surface area (Å²) in [6.45, 7) is 1.40. The van der Waals surface area contributed by atoms with Crippen LogP contribution in [0.1, 0.15) is 34.3 Å². The fraction of sp³-hybridized carbons (Fsp3) is 0.364. The van der Waals surface area contributed by atoms with Crippen LogP contribution in [-0.4, -0.2) is 47.8 Å². The molecule has 2 fully saturated rings. The van der Waals surface area contributed by atoms with Gasteiger partial charge < -0.3 is 9.80 Å². The number of amides is 2. The molecule has 152 valence electrons. The van der Waals surface area contributed by atoms with Crippen molar-refractivity contribution in [2.75, 3.05) is 26.2 Å². The molecule has 0 spiro atoms. The van der Waals surface area contributed by atoms with Crippen molar-refractivity contribution in [3.05, 3.63) is 71.3 Å². The Hall–Kier alpha value is -2.83. The highest BCUT2D eigenvalue weighted by atomic mass is 19.4. The highest BCUT2D eigenvalue weighted by molar-refractivity contribution is 5.95. The molecule has 2 aromatic rings. The summed E-state index contributed by atoms with van der Waals surface area (Å²) in [5.41, 5.74) is -0.250. The van der Waals surface area contributed by atoms with E-state index in [2.05, 4.69) is 0 Å². The molecule has 0 unspecified atom stereocenters. The average Bonchev–Trinajstić information content (AvgIpc) is 3.55. The molecule has 2 amide bonds. The summed E-state index contributed by atoms with van der Waals surface area (Å²) in [5.74, 6) is -0.359. The van der Waals surface area contributed by atoms with Gasteiger partial charge in [0.2, 0.25) is 5.91 Å². The largest absolute Gasteiger partial charge is 0.416 e. The van der Waals surface area contributed by atoms with Gasteiger partial charge in [-0.25, -0.2) is 0 Å². The summed E-state index contributed by atoms with van der Waals surface area (Å²) < 4.78 is 38.7. The first-order chi connectivity index (χ1) is 13.8. The topological polar surface area (TPSA) is 40.6 Å². The molecule has 1 saturated heterocycles. The van der Waals surface area contributed by atoms with Gasteiger partial charge in [-0.1, -0.05) is 36.4 Å². The van der Waals surface area contributed by atoms with Gasteiger partial charge in [-0.3, -0.25) is 9.59 Å². The molecule has 1 aliphatic heterocycles. The molecule has 0 N–H and O–H groups in total. The molecular weight excluding hydrogens is 381 g/mol. The molecule has 0 radical (unpaired) electrons. The lowest BCUT2D eigenvalue weighted by molar-refractivity contribution is -0.137. The van der Waals surface area contributed by atoms with Crippen molar-refractivity contribution in [3.63, 3.8) is 0 Å². The van der Waals surface area contributed by atoms with Crippen LogP contribution in [0.2, 0.25) is 0 Å². The van der Waals surface area contributed by atoms with Crippen LogP contribution >= 0.6 is 0 Å². The normalized spacial score (nSPS) is 18.4. The third-order valence-corrected chi connectivity index (χ3v) is 5.78. The molecular formula is C22H21F3N2O2. The number of rotatable bonds is 3. The first kappa shape index (κ1) is 19.5. The van der Waals surface area contributed by atoms with E-state index in [1.54, 1.807) is 4.90 Å². The smallest absolute Gasteiger partial charge is 0.338 e. The van der Waals surface area contributed by atoms with Crippen molar-refractivity contribution in [2.45, 2.75) is 24.4 Å². The number of hydrogen-bond donors (Lipinski definition) is 0. The zero-order valence-electron chi connectivity index (χ0n) is 15.8. The minimum Gasteiger partial charge on any atom is -0.338 e. The molecule has 0 atom stereocenters. The second kappa shape index (κ2) is 7.21.